The number of sulfonamides is 1. The van der Waals surface area contributed by atoms with E-state index in [0.717, 1.165) is 15.4 Å². The molecule has 1 atom stereocenters. The first kappa shape index (κ1) is 34.2. The van der Waals surface area contributed by atoms with Gasteiger partial charge < -0.3 is 15.0 Å². The number of nitrogens with one attached hydrogen (secondary N) is 1. The van der Waals surface area contributed by atoms with Crippen LogP contribution < -0.4 is 14.4 Å². The summed E-state index contributed by atoms with van der Waals surface area (Å²) < 4.78 is 48.7. The lowest BCUT2D eigenvalue weighted by molar-refractivity contribution is -0.140. The Hall–Kier alpha value is -4.70. The highest BCUT2D eigenvalue weighted by molar-refractivity contribution is 7.92. The molecule has 1 N–H and O–H groups in total. The smallest absolute Gasteiger partial charge is 0.264 e. The number of ether oxygens (including phenoxy) is 1. The van der Waals surface area contributed by atoms with Crippen LogP contribution in [0.5, 0.6) is 5.75 Å². The molecule has 0 aliphatic rings. The van der Waals surface area contributed by atoms with Crippen molar-refractivity contribution in [2.75, 3.05) is 17.5 Å². The number of aryl methyl sites for hydroxylation is 1. The Labute approximate surface area is 270 Å². The molecule has 46 heavy (non-hydrogen) atoms. The number of rotatable bonds is 14. The number of benzene rings is 4. The zero-order valence-corrected chi connectivity index (χ0v) is 27.3. The number of anilines is 1. The van der Waals surface area contributed by atoms with Gasteiger partial charge in [-0.1, -0.05) is 60.2 Å². The third kappa shape index (κ3) is 8.94. The van der Waals surface area contributed by atoms with Crippen molar-refractivity contribution in [3.8, 4) is 5.75 Å². The fraction of sp³-hybridized carbons (Fsp3) is 0.278. The van der Waals surface area contributed by atoms with Crippen LogP contribution in [0.4, 0.5) is 10.1 Å². The van der Waals surface area contributed by atoms with Gasteiger partial charge in [0.25, 0.3) is 10.0 Å². The molecule has 0 bridgehead atoms. The molecule has 4 aromatic rings. The van der Waals surface area contributed by atoms with Crippen molar-refractivity contribution in [2.45, 2.75) is 57.6 Å². The molecule has 0 aliphatic carbocycles. The lowest BCUT2D eigenvalue weighted by atomic mass is 10.0. The number of nitrogens with zero attached hydrogens (tertiary/aromatic N) is 2. The SMILES string of the molecule is CCOc1ccc(N(CC(=O)N(Cc2ccc(F)cc2)[C@@H](Cc2ccccc2)C(=O)NC(C)C)S(=O)(=O)c2ccc(C)cc2)cc1. The fourth-order valence-corrected chi connectivity index (χ4v) is 6.38. The standard InChI is InChI=1S/C36H40FN3O5S/c1-5-45-32-19-17-31(18-20-32)40(46(43,44)33-21-11-27(4)12-22-33)25-35(41)39(24-29-13-15-30(37)16-14-29)34(36(42)38-26(2)3)23-28-9-7-6-8-10-28/h6-22,26,34H,5,23-25H2,1-4H3,(H,38,42)/t34-/m0/s1. The van der Waals surface area contributed by atoms with Crippen molar-refractivity contribution in [2.24, 2.45) is 0 Å². The van der Waals surface area contributed by atoms with E-state index in [2.05, 4.69) is 5.32 Å². The van der Waals surface area contributed by atoms with Gasteiger partial charge in [0, 0.05) is 19.0 Å². The van der Waals surface area contributed by atoms with E-state index in [9.17, 15) is 22.4 Å². The molecule has 0 saturated heterocycles. The van der Waals surface area contributed by atoms with Gasteiger partial charge in [0.15, 0.2) is 0 Å². The van der Waals surface area contributed by atoms with Crippen LogP contribution in [0.2, 0.25) is 0 Å². The molecule has 0 radical (unpaired) electrons. The molecule has 242 valence electrons. The Morgan fingerprint density at radius 2 is 1.48 bits per heavy atom. The van der Waals surface area contributed by atoms with E-state index in [1.807, 2.05) is 58.0 Å². The van der Waals surface area contributed by atoms with Gasteiger partial charge >= 0.3 is 0 Å². The van der Waals surface area contributed by atoms with E-state index >= 15 is 0 Å². The van der Waals surface area contributed by atoms with Crippen LogP contribution in [0, 0.1) is 12.7 Å². The van der Waals surface area contributed by atoms with Crippen LogP contribution in [0.3, 0.4) is 0 Å². The Balaban J connectivity index is 1.80. The predicted molar refractivity (Wildman–Crippen MR) is 177 cm³/mol. The molecule has 0 saturated carbocycles. The van der Waals surface area contributed by atoms with Crippen LogP contribution in [-0.2, 0) is 32.6 Å². The Morgan fingerprint density at radius 3 is 2.07 bits per heavy atom. The van der Waals surface area contributed by atoms with Crippen molar-refractivity contribution in [1.29, 1.82) is 0 Å². The number of amides is 2. The summed E-state index contributed by atoms with van der Waals surface area (Å²) >= 11 is 0. The number of halogens is 1. The second-order valence-corrected chi connectivity index (χ2v) is 13.1. The molecule has 8 nitrogen and oxygen atoms in total. The van der Waals surface area contributed by atoms with Crippen molar-refractivity contribution in [3.05, 3.63) is 126 Å². The number of carbonyl (C=O) groups excluding carboxylic acids is 2. The molecule has 0 unspecified atom stereocenters. The zero-order chi connectivity index (χ0) is 33.3. The molecule has 0 fully saturated rings. The molecule has 10 heteroatoms. The topological polar surface area (TPSA) is 96.0 Å². The van der Waals surface area contributed by atoms with Gasteiger partial charge in [0.2, 0.25) is 11.8 Å². The average Bonchev–Trinajstić information content (AvgIpc) is 3.03. The second-order valence-electron chi connectivity index (χ2n) is 11.3. The average molecular weight is 646 g/mol. The van der Waals surface area contributed by atoms with Crippen molar-refractivity contribution >= 4 is 27.5 Å². The predicted octanol–water partition coefficient (Wildman–Crippen LogP) is 5.89. The van der Waals surface area contributed by atoms with Gasteiger partial charge in [0.1, 0.15) is 24.2 Å². The maximum Gasteiger partial charge on any atom is 0.264 e. The van der Waals surface area contributed by atoms with Crippen LogP contribution >= 0.6 is 0 Å². The third-order valence-electron chi connectivity index (χ3n) is 7.29. The summed E-state index contributed by atoms with van der Waals surface area (Å²) in [5.41, 5.74) is 2.54. The molecular weight excluding hydrogens is 605 g/mol. The number of hydrogen-bond acceptors (Lipinski definition) is 5. The summed E-state index contributed by atoms with van der Waals surface area (Å²) in [5.74, 6) is -0.876. The minimum Gasteiger partial charge on any atom is -0.494 e. The van der Waals surface area contributed by atoms with E-state index in [1.165, 1.54) is 29.2 Å². The van der Waals surface area contributed by atoms with Gasteiger partial charge in [-0.25, -0.2) is 12.8 Å². The number of hydrogen-bond donors (Lipinski definition) is 1. The largest absolute Gasteiger partial charge is 0.494 e. The van der Waals surface area contributed by atoms with E-state index < -0.39 is 34.3 Å². The van der Waals surface area contributed by atoms with Crippen LogP contribution in [-0.4, -0.2) is 50.4 Å². The first-order valence-corrected chi connectivity index (χ1v) is 16.6. The summed E-state index contributed by atoms with van der Waals surface area (Å²) in [7, 11) is -4.23. The molecular formula is C36H40FN3O5S. The van der Waals surface area contributed by atoms with Crippen molar-refractivity contribution in [1.82, 2.24) is 10.2 Å². The van der Waals surface area contributed by atoms with Gasteiger partial charge in [-0.15, -0.1) is 0 Å². The van der Waals surface area contributed by atoms with Crippen molar-refractivity contribution < 1.29 is 27.1 Å². The molecule has 2 amide bonds. The van der Waals surface area contributed by atoms with E-state index in [-0.39, 0.29) is 35.5 Å². The Kier molecular flexibility index (Phi) is 11.5. The first-order chi connectivity index (χ1) is 22.0. The molecule has 4 aromatic carbocycles. The normalized spacial score (nSPS) is 12.0. The monoisotopic (exact) mass is 645 g/mol. The van der Waals surface area contributed by atoms with Crippen LogP contribution in [0.15, 0.2) is 108 Å². The molecule has 0 spiro atoms. The fourth-order valence-electron chi connectivity index (χ4n) is 4.96. The lowest BCUT2D eigenvalue weighted by Gasteiger charge is -2.34. The van der Waals surface area contributed by atoms with E-state index in [0.29, 0.717) is 17.9 Å². The van der Waals surface area contributed by atoms with Crippen molar-refractivity contribution in [3.63, 3.8) is 0 Å². The molecule has 0 aliphatic heterocycles. The van der Waals surface area contributed by atoms with Gasteiger partial charge in [-0.3, -0.25) is 13.9 Å². The summed E-state index contributed by atoms with van der Waals surface area (Å²) in [4.78, 5) is 29.6. The van der Waals surface area contributed by atoms with Crippen LogP contribution in [0.1, 0.15) is 37.5 Å². The quantitative estimate of drug-likeness (QED) is 0.185. The van der Waals surface area contributed by atoms with Gasteiger partial charge in [-0.05, 0) is 87.4 Å². The highest BCUT2D eigenvalue weighted by Crippen LogP contribution is 2.27. The Bertz CT molecular complexity index is 1700. The summed E-state index contributed by atoms with van der Waals surface area (Å²) in [6.07, 6.45) is 0.181. The summed E-state index contributed by atoms with van der Waals surface area (Å²) in [6, 6.07) is 26.6. The maximum absolute atomic E-state index is 14.5. The zero-order valence-electron chi connectivity index (χ0n) is 26.5. The highest BCUT2D eigenvalue weighted by Gasteiger charge is 2.35. The molecule has 0 heterocycles. The second kappa shape index (κ2) is 15.5. The lowest BCUT2D eigenvalue weighted by Crippen LogP contribution is -2.54. The maximum atomic E-state index is 14.5. The van der Waals surface area contributed by atoms with Crippen LogP contribution in [0.25, 0.3) is 0 Å². The summed E-state index contributed by atoms with van der Waals surface area (Å²) in [6.45, 7) is 7.14. The van der Waals surface area contributed by atoms with E-state index in [4.69, 9.17) is 4.74 Å². The van der Waals surface area contributed by atoms with E-state index in [1.54, 1.807) is 48.5 Å². The first-order valence-electron chi connectivity index (χ1n) is 15.2. The molecule has 4 rings (SSSR count). The van der Waals surface area contributed by atoms with Gasteiger partial charge in [-0.2, -0.15) is 0 Å². The Morgan fingerprint density at radius 1 is 0.848 bits per heavy atom. The highest BCUT2D eigenvalue weighted by atomic mass is 32.2. The number of carbonyl (C=O) groups is 2. The third-order valence-corrected chi connectivity index (χ3v) is 9.08. The van der Waals surface area contributed by atoms with Gasteiger partial charge in [0.05, 0.1) is 17.2 Å². The molecule has 0 aromatic heterocycles. The minimum absolute atomic E-state index is 0.0169. The minimum atomic E-state index is -4.23. The summed E-state index contributed by atoms with van der Waals surface area (Å²) in [5, 5.41) is 2.92.